The van der Waals surface area contributed by atoms with Crippen LogP contribution in [0.2, 0.25) is 0 Å². The van der Waals surface area contributed by atoms with Gasteiger partial charge >= 0.3 is 5.97 Å². The smallest absolute Gasteiger partial charge is 0.304 e. The van der Waals surface area contributed by atoms with Gasteiger partial charge < -0.3 is 30.2 Å². The molecule has 2 heterocycles. The summed E-state index contributed by atoms with van der Waals surface area (Å²) in [4.78, 5) is 23.2. The number of phenols is 2. The number of piperidine rings is 1. The highest BCUT2D eigenvalue weighted by Gasteiger charge is 2.32. The lowest BCUT2D eigenvalue weighted by atomic mass is 9.80. The quantitative estimate of drug-likeness (QED) is 0.460. The zero-order valence-electron chi connectivity index (χ0n) is 14.5. The second-order valence-corrected chi connectivity index (χ2v) is 7.60. The van der Waals surface area contributed by atoms with Crippen LogP contribution in [0.5, 0.6) is 11.5 Å². The number of carboxylic acids is 1. The first-order valence-corrected chi connectivity index (χ1v) is 9.59. The molecule has 146 valence electrons. The lowest BCUT2D eigenvalue weighted by Gasteiger charge is -2.31. The van der Waals surface area contributed by atoms with Crippen LogP contribution in [0.15, 0.2) is 26.4 Å². The normalized spacial score (nSPS) is 20.0. The molecule has 1 saturated heterocycles. The fourth-order valence-electron chi connectivity index (χ4n) is 3.46. The Bertz CT molecular complexity index is 911. The number of thioether (sulfide) groups is 1. The number of carbonyl (C=O) groups is 1. The molecule has 0 saturated carbocycles. The number of hydrogen-bond acceptors (Lipinski definition) is 8. The lowest BCUT2D eigenvalue weighted by molar-refractivity contribution is -0.136. The van der Waals surface area contributed by atoms with Gasteiger partial charge in [0.05, 0.1) is 6.42 Å². The molecule has 9 heteroatoms. The predicted octanol–water partition coefficient (Wildman–Crippen LogP) is 1.46. The molecule has 0 radical (unpaired) electrons. The van der Waals surface area contributed by atoms with Crippen molar-refractivity contribution in [3.8, 4) is 11.5 Å². The number of carboxylic acid groups (broad SMARTS) is 1. The summed E-state index contributed by atoms with van der Waals surface area (Å²) in [5, 5.41) is 42.5. The second kappa shape index (κ2) is 8.20. The van der Waals surface area contributed by atoms with Crippen LogP contribution < -0.4 is 10.7 Å². The molecule has 0 spiro atoms. The standard InChI is InChI=1S/C18H21NO7S/c20-8-9-7-19-3-1-10(9)16-11(21)5-12(22)17-13(23)6-15(26-18(16)17)27-4-2-14(24)25/h5-6,9-10,19-22H,1-4,7-8H2,(H,24,25). The van der Waals surface area contributed by atoms with Gasteiger partial charge in [0.1, 0.15) is 22.5 Å². The van der Waals surface area contributed by atoms with E-state index in [0.29, 0.717) is 25.1 Å². The molecule has 1 aromatic heterocycles. The second-order valence-electron chi connectivity index (χ2n) is 6.50. The van der Waals surface area contributed by atoms with Crippen molar-refractivity contribution in [1.29, 1.82) is 0 Å². The van der Waals surface area contributed by atoms with E-state index in [1.165, 1.54) is 6.07 Å². The van der Waals surface area contributed by atoms with Gasteiger partial charge in [-0.2, -0.15) is 0 Å². The van der Waals surface area contributed by atoms with Gasteiger partial charge in [-0.15, -0.1) is 0 Å². The van der Waals surface area contributed by atoms with Gasteiger partial charge in [-0.25, -0.2) is 0 Å². The van der Waals surface area contributed by atoms with Crippen molar-refractivity contribution in [3.63, 3.8) is 0 Å². The fourth-order valence-corrected chi connectivity index (χ4v) is 4.27. The lowest BCUT2D eigenvalue weighted by Crippen LogP contribution is -2.37. The Balaban J connectivity index is 2.12. The summed E-state index contributed by atoms with van der Waals surface area (Å²) in [6.45, 7) is 1.14. The van der Waals surface area contributed by atoms with Crippen molar-refractivity contribution in [3.05, 3.63) is 27.9 Å². The molecule has 1 aliphatic heterocycles. The van der Waals surface area contributed by atoms with Crippen LogP contribution >= 0.6 is 11.8 Å². The van der Waals surface area contributed by atoms with Crippen LogP contribution in [-0.4, -0.2) is 51.8 Å². The Hall–Kier alpha value is -2.23. The first-order valence-electron chi connectivity index (χ1n) is 8.61. The number of hydrogen-bond donors (Lipinski definition) is 5. The predicted molar refractivity (Wildman–Crippen MR) is 99.6 cm³/mol. The molecular weight excluding hydrogens is 374 g/mol. The molecule has 2 atom stereocenters. The van der Waals surface area contributed by atoms with Gasteiger partial charge in [0.25, 0.3) is 0 Å². The molecule has 3 rings (SSSR count). The minimum absolute atomic E-state index is 0.0272. The van der Waals surface area contributed by atoms with E-state index in [1.807, 2.05) is 0 Å². The largest absolute Gasteiger partial charge is 0.507 e. The van der Waals surface area contributed by atoms with Crippen molar-refractivity contribution in [1.82, 2.24) is 5.32 Å². The number of benzene rings is 1. The molecule has 8 nitrogen and oxygen atoms in total. The highest BCUT2D eigenvalue weighted by atomic mass is 32.2. The summed E-state index contributed by atoms with van der Waals surface area (Å²) >= 11 is 1.08. The fraction of sp³-hybridized carbons (Fsp3) is 0.444. The first kappa shape index (κ1) is 19.5. The van der Waals surface area contributed by atoms with Crippen molar-refractivity contribution in [2.24, 2.45) is 5.92 Å². The average molecular weight is 395 g/mol. The number of rotatable bonds is 6. The SMILES string of the molecule is O=C(O)CCSc1cc(=O)c2c(O)cc(O)c(C3CCNCC3CO)c2o1. The van der Waals surface area contributed by atoms with Crippen LogP contribution in [0.25, 0.3) is 11.0 Å². The van der Waals surface area contributed by atoms with Crippen molar-refractivity contribution < 1.29 is 29.6 Å². The minimum atomic E-state index is -0.956. The maximum absolute atomic E-state index is 12.5. The Morgan fingerprint density at radius 2 is 2.07 bits per heavy atom. The van der Waals surface area contributed by atoms with Gasteiger partial charge in [0.2, 0.25) is 0 Å². The highest BCUT2D eigenvalue weighted by Crippen LogP contribution is 2.43. The summed E-state index contributed by atoms with van der Waals surface area (Å²) in [5.41, 5.74) is 0.00613. The van der Waals surface area contributed by atoms with Gasteiger partial charge in [0, 0.05) is 42.5 Å². The average Bonchev–Trinajstić information content (AvgIpc) is 2.61. The summed E-state index contributed by atoms with van der Waals surface area (Å²) in [6.07, 6.45) is 0.532. The van der Waals surface area contributed by atoms with E-state index in [9.17, 15) is 24.9 Å². The van der Waals surface area contributed by atoms with E-state index in [1.54, 1.807) is 0 Å². The van der Waals surface area contributed by atoms with E-state index in [-0.39, 0.29) is 58.2 Å². The number of aliphatic hydroxyl groups is 1. The summed E-state index contributed by atoms with van der Waals surface area (Å²) in [5.74, 6) is -1.73. The molecule has 1 aliphatic rings. The maximum atomic E-state index is 12.5. The summed E-state index contributed by atoms with van der Waals surface area (Å²) in [6, 6.07) is 2.34. The molecule has 1 aromatic carbocycles. The third-order valence-electron chi connectivity index (χ3n) is 4.75. The maximum Gasteiger partial charge on any atom is 0.304 e. The van der Waals surface area contributed by atoms with Crippen LogP contribution in [0.3, 0.4) is 0 Å². The van der Waals surface area contributed by atoms with E-state index in [0.717, 1.165) is 17.8 Å². The molecular formula is C18H21NO7S. The topological polar surface area (TPSA) is 140 Å². The minimum Gasteiger partial charge on any atom is -0.507 e. The van der Waals surface area contributed by atoms with Gasteiger partial charge in [-0.1, -0.05) is 11.8 Å². The number of fused-ring (bicyclic) bond motifs is 1. The van der Waals surface area contributed by atoms with Crippen molar-refractivity contribution >= 4 is 28.7 Å². The van der Waals surface area contributed by atoms with Gasteiger partial charge in [-0.3, -0.25) is 9.59 Å². The van der Waals surface area contributed by atoms with Crippen LogP contribution in [-0.2, 0) is 4.79 Å². The number of aromatic hydroxyl groups is 2. The molecule has 2 aromatic rings. The molecule has 0 aliphatic carbocycles. The number of phenolic OH excluding ortho intramolecular Hbond substituents is 2. The third-order valence-corrected chi connectivity index (χ3v) is 5.64. The number of aliphatic carboxylic acids is 1. The molecule has 1 fully saturated rings. The summed E-state index contributed by atoms with van der Waals surface area (Å²) < 4.78 is 5.81. The zero-order chi connectivity index (χ0) is 19.6. The Morgan fingerprint density at radius 3 is 2.78 bits per heavy atom. The highest BCUT2D eigenvalue weighted by molar-refractivity contribution is 7.99. The van der Waals surface area contributed by atoms with E-state index in [2.05, 4.69) is 5.32 Å². The third kappa shape index (κ3) is 4.05. The van der Waals surface area contributed by atoms with E-state index >= 15 is 0 Å². The van der Waals surface area contributed by atoms with E-state index in [4.69, 9.17) is 9.52 Å². The van der Waals surface area contributed by atoms with Gasteiger partial charge in [0.15, 0.2) is 10.5 Å². The number of aliphatic hydroxyl groups excluding tert-OH is 1. The van der Waals surface area contributed by atoms with Gasteiger partial charge in [-0.05, 0) is 18.9 Å². The first-order chi connectivity index (χ1) is 12.9. The molecule has 2 unspecified atom stereocenters. The zero-order valence-corrected chi connectivity index (χ0v) is 15.3. The van der Waals surface area contributed by atoms with E-state index < -0.39 is 11.4 Å². The van der Waals surface area contributed by atoms with Crippen LogP contribution in [0.4, 0.5) is 0 Å². The summed E-state index contributed by atoms with van der Waals surface area (Å²) in [7, 11) is 0. The Morgan fingerprint density at radius 1 is 1.30 bits per heavy atom. The Labute approximate surface area is 158 Å². The Kier molecular flexibility index (Phi) is 5.93. The molecule has 27 heavy (non-hydrogen) atoms. The van der Waals surface area contributed by atoms with Crippen LogP contribution in [0, 0.1) is 5.92 Å². The molecule has 0 amide bonds. The number of nitrogens with one attached hydrogen (secondary N) is 1. The monoisotopic (exact) mass is 395 g/mol. The van der Waals surface area contributed by atoms with Crippen LogP contribution in [0.1, 0.15) is 24.3 Å². The molecule has 5 N–H and O–H groups in total. The van der Waals surface area contributed by atoms with Crippen molar-refractivity contribution in [2.45, 2.75) is 23.9 Å². The van der Waals surface area contributed by atoms with Crippen molar-refractivity contribution in [2.75, 3.05) is 25.4 Å². The molecule has 0 bridgehead atoms.